The summed E-state index contributed by atoms with van der Waals surface area (Å²) in [7, 11) is 0. The van der Waals surface area contributed by atoms with E-state index in [9.17, 15) is 14.3 Å². The third kappa shape index (κ3) is 1.98. The minimum atomic E-state index is -0.389. The molecule has 1 aromatic rings. The second-order valence-corrected chi connectivity index (χ2v) is 5.15. The first-order valence-electron chi connectivity index (χ1n) is 6.65. The van der Waals surface area contributed by atoms with Gasteiger partial charge >= 0.3 is 0 Å². The van der Waals surface area contributed by atoms with E-state index in [-0.39, 0.29) is 30.3 Å². The molecule has 1 amide bonds. The van der Waals surface area contributed by atoms with Crippen molar-refractivity contribution in [3.8, 4) is 0 Å². The number of hydrogen-bond donors (Lipinski definition) is 2. The lowest BCUT2D eigenvalue weighted by atomic mass is 9.90. The molecular weight excluding hydrogens is 247 g/mol. The third-order valence-corrected chi connectivity index (χ3v) is 4.16. The van der Waals surface area contributed by atoms with Crippen LogP contribution in [0.5, 0.6) is 0 Å². The summed E-state index contributed by atoms with van der Waals surface area (Å²) in [5.41, 5.74) is 1.04. The van der Waals surface area contributed by atoms with Gasteiger partial charge in [0.25, 0.3) is 0 Å². The Hall–Kier alpha value is -1.62. The van der Waals surface area contributed by atoms with Crippen molar-refractivity contribution in [3.63, 3.8) is 0 Å². The number of aliphatic hydroxyl groups excluding tert-OH is 1. The summed E-state index contributed by atoms with van der Waals surface area (Å²) >= 11 is 0. The van der Waals surface area contributed by atoms with Crippen molar-refractivity contribution < 1.29 is 14.3 Å². The molecule has 2 heterocycles. The average Bonchev–Trinajstić information content (AvgIpc) is 2.80. The van der Waals surface area contributed by atoms with Gasteiger partial charge in [-0.15, -0.1) is 0 Å². The largest absolute Gasteiger partial charge is 0.391 e. The van der Waals surface area contributed by atoms with Crippen LogP contribution in [-0.2, 0) is 11.4 Å². The van der Waals surface area contributed by atoms with Crippen LogP contribution in [0.3, 0.4) is 0 Å². The van der Waals surface area contributed by atoms with Gasteiger partial charge in [0.15, 0.2) is 0 Å². The van der Waals surface area contributed by atoms with Gasteiger partial charge in [0.05, 0.1) is 18.6 Å². The van der Waals surface area contributed by atoms with E-state index in [1.165, 1.54) is 6.07 Å². The lowest BCUT2D eigenvalue weighted by Gasteiger charge is -2.38. The lowest BCUT2D eigenvalue weighted by Crippen LogP contribution is -2.46. The van der Waals surface area contributed by atoms with Crippen LogP contribution in [0.4, 0.5) is 10.1 Å². The number of amides is 1. The predicted octanol–water partition coefficient (Wildman–Crippen LogP) is 1.03. The van der Waals surface area contributed by atoms with Gasteiger partial charge in [0.2, 0.25) is 5.91 Å². The first-order chi connectivity index (χ1) is 9.22. The molecule has 0 spiro atoms. The van der Waals surface area contributed by atoms with Gasteiger partial charge < -0.3 is 15.3 Å². The lowest BCUT2D eigenvalue weighted by molar-refractivity contribution is -0.122. The molecule has 5 heteroatoms. The quantitative estimate of drug-likeness (QED) is 0.839. The molecule has 2 unspecified atom stereocenters. The van der Waals surface area contributed by atoms with Gasteiger partial charge in [-0.25, -0.2) is 4.39 Å². The van der Waals surface area contributed by atoms with Crippen LogP contribution in [0.1, 0.15) is 18.4 Å². The van der Waals surface area contributed by atoms with E-state index in [2.05, 4.69) is 10.2 Å². The monoisotopic (exact) mass is 264 g/mol. The second kappa shape index (κ2) is 4.81. The number of benzene rings is 1. The highest BCUT2D eigenvalue weighted by atomic mass is 19.1. The highest BCUT2D eigenvalue weighted by Crippen LogP contribution is 2.34. The van der Waals surface area contributed by atoms with Gasteiger partial charge in [0.1, 0.15) is 5.82 Å². The maximum atomic E-state index is 13.8. The maximum absolute atomic E-state index is 13.8. The Kier molecular flexibility index (Phi) is 3.14. The molecule has 2 aliphatic rings. The van der Waals surface area contributed by atoms with Crippen LogP contribution in [0.15, 0.2) is 18.2 Å². The molecule has 2 fully saturated rings. The molecule has 0 saturated carbocycles. The van der Waals surface area contributed by atoms with E-state index in [0.717, 1.165) is 19.4 Å². The first kappa shape index (κ1) is 12.4. The molecule has 102 valence electrons. The summed E-state index contributed by atoms with van der Waals surface area (Å²) in [6, 6.07) is 4.90. The SMILES string of the molecule is O=C1NCC2C1CCCN2c1cccc(F)c1CO. The molecule has 0 aliphatic carbocycles. The summed E-state index contributed by atoms with van der Waals surface area (Å²) in [4.78, 5) is 13.8. The van der Waals surface area contributed by atoms with Crippen molar-refractivity contribution in [2.75, 3.05) is 18.0 Å². The van der Waals surface area contributed by atoms with E-state index in [1.807, 2.05) is 6.07 Å². The summed E-state index contributed by atoms with van der Waals surface area (Å²) in [5.74, 6) is -0.306. The highest BCUT2D eigenvalue weighted by molar-refractivity contribution is 5.83. The van der Waals surface area contributed by atoms with Gasteiger partial charge in [-0.1, -0.05) is 6.07 Å². The number of nitrogens with zero attached hydrogens (tertiary/aromatic N) is 1. The normalized spacial score (nSPS) is 26.2. The zero-order chi connectivity index (χ0) is 13.4. The third-order valence-electron chi connectivity index (χ3n) is 4.16. The fourth-order valence-electron chi connectivity index (χ4n) is 3.22. The van der Waals surface area contributed by atoms with Gasteiger partial charge in [-0.05, 0) is 25.0 Å². The minimum absolute atomic E-state index is 0.0106. The molecular formula is C14H17FN2O2. The molecule has 0 bridgehead atoms. The Labute approximate surface area is 111 Å². The fourth-order valence-corrected chi connectivity index (χ4v) is 3.22. The number of anilines is 1. The topological polar surface area (TPSA) is 52.6 Å². The smallest absolute Gasteiger partial charge is 0.225 e. The number of halogens is 1. The Bertz CT molecular complexity index is 506. The molecule has 2 saturated heterocycles. The van der Waals surface area contributed by atoms with Crippen LogP contribution in [0.2, 0.25) is 0 Å². The minimum Gasteiger partial charge on any atom is -0.391 e. The van der Waals surface area contributed by atoms with Crippen molar-refractivity contribution >= 4 is 11.6 Å². The van der Waals surface area contributed by atoms with Crippen LogP contribution < -0.4 is 10.2 Å². The summed E-state index contributed by atoms with van der Waals surface area (Å²) in [5, 5.41) is 12.2. The number of piperidine rings is 1. The number of nitrogens with one attached hydrogen (secondary N) is 1. The number of aliphatic hydroxyl groups is 1. The number of fused-ring (bicyclic) bond motifs is 1. The number of hydrogen-bond acceptors (Lipinski definition) is 3. The maximum Gasteiger partial charge on any atom is 0.225 e. The number of carbonyl (C=O) groups excluding carboxylic acids is 1. The molecule has 2 atom stereocenters. The Morgan fingerprint density at radius 3 is 3.11 bits per heavy atom. The Morgan fingerprint density at radius 1 is 1.47 bits per heavy atom. The molecule has 2 aliphatic heterocycles. The van der Waals surface area contributed by atoms with E-state index in [1.54, 1.807) is 6.07 Å². The van der Waals surface area contributed by atoms with Gasteiger partial charge in [-0.2, -0.15) is 0 Å². The molecule has 1 aromatic carbocycles. The Balaban J connectivity index is 1.97. The van der Waals surface area contributed by atoms with Crippen LogP contribution >= 0.6 is 0 Å². The summed E-state index contributed by atoms with van der Waals surface area (Å²) < 4.78 is 13.8. The molecule has 0 radical (unpaired) electrons. The van der Waals surface area contributed by atoms with E-state index < -0.39 is 0 Å². The van der Waals surface area contributed by atoms with E-state index in [4.69, 9.17) is 0 Å². The average molecular weight is 264 g/mol. The predicted molar refractivity (Wildman–Crippen MR) is 69.2 cm³/mol. The molecule has 2 N–H and O–H groups in total. The zero-order valence-corrected chi connectivity index (χ0v) is 10.6. The van der Waals surface area contributed by atoms with Crippen molar-refractivity contribution in [1.29, 1.82) is 0 Å². The van der Waals surface area contributed by atoms with Crippen LogP contribution in [-0.4, -0.2) is 30.1 Å². The van der Waals surface area contributed by atoms with E-state index in [0.29, 0.717) is 17.8 Å². The first-order valence-corrected chi connectivity index (χ1v) is 6.65. The molecule has 19 heavy (non-hydrogen) atoms. The highest BCUT2D eigenvalue weighted by Gasteiger charge is 2.41. The van der Waals surface area contributed by atoms with Gasteiger partial charge in [0, 0.05) is 24.3 Å². The van der Waals surface area contributed by atoms with Crippen LogP contribution in [0, 0.1) is 11.7 Å². The van der Waals surface area contributed by atoms with Crippen molar-refractivity contribution in [2.45, 2.75) is 25.5 Å². The standard InChI is InChI=1S/C14H17FN2O2/c15-11-4-1-5-12(10(11)8-18)17-6-2-3-9-13(17)7-16-14(9)19/h1,4-5,9,13,18H,2-3,6-8H2,(H,16,19). The Morgan fingerprint density at radius 2 is 2.32 bits per heavy atom. The fraction of sp³-hybridized carbons (Fsp3) is 0.500. The summed E-state index contributed by atoms with van der Waals surface area (Å²) in [6.07, 6.45) is 1.80. The van der Waals surface area contributed by atoms with Gasteiger partial charge in [-0.3, -0.25) is 4.79 Å². The van der Waals surface area contributed by atoms with Crippen molar-refractivity contribution in [2.24, 2.45) is 5.92 Å². The van der Waals surface area contributed by atoms with Crippen molar-refractivity contribution in [1.82, 2.24) is 5.32 Å². The molecule has 0 aromatic heterocycles. The van der Waals surface area contributed by atoms with Crippen LogP contribution in [0.25, 0.3) is 0 Å². The second-order valence-electron chi connectivity index (χ2n) is 5.15. The van der Waals surface area contributed by atoms with Crippen molar-refractivity contribution in [3.05, 3.63) is 29.6 Å². The molecule has 3 rings (SSSR count). The number of carbonyl (C=O) groups is 1. The summed E-state index contributed by atoms with van der Waals surface area (Å²) in [6.45, 7) is 1.08. The van der Waals surface area contributed by atoms with E-state index >= 15 is 0 Å². The number of rotatable bonds is 2. The zero-order valence-electron chi connectivity index (χ0n) is 10.6. The molecule has 4 nitrogen and oxygen atoms in total.